The molecular weight excluding hydrogens is 307 g/mol. The maximum absolute atomic E-state index is 13.1. The molecule has 1 amide bonds. The topological polar surface area (TPSA) is 46.9 Å². The van der Waals surface area contributed by atoms with Gasteiger partial charge in [-0.3, -0.25) is 9.48 Å². The lowest BCUT2D eigenvalue weighted by Crippen LogP contribution is -2.39. The van der Waals surface area contributed by atoms with Crippen molar-refractivity contribution >= 4 is 17.5 Å². The van der Waals surface area contributed by atoms with Crippen LogP contribution in [0.5, 0.6) is 0 Å². The summed E-state index contributed by atoms with van der Waals surface area (Å²) in [4.78, 5) is 11.7. The normalized spacial score (nSPS) is 13.0. The number of aromatic nitrogens is 2. The molecule has 21 heavy (non-hydrogen) atoms. The molecule has 0 aliphatic carbocycles. The number of rotatable bonds is 4. The fourth-order valence-corrected chi connectivity index (χ4v) is 1.88. The first kappa shape index (κ1) is 15.4. The van der Waals surface area contributed by atoms with E-state index < -0.39 is 18.1 Å². The van der Waals surface area contributed by atoms with Crippen LogP contribution in [0.25, 0.3) is 0 Å². The number of carbonyl (C=O) groups is 1. The first-order valence-electron chi connectivity index (χ1n) is 5.95. The summed E-state index contributed by atoms with van der Waals surface area (Å²) < 4.78 is 40.5. The number of nitrogens with one attached hydrogen (secondary N) is 1. The zero-order valence-corrected chi connectivity index (χ0v) is 11.4. The van der Waals surface area contributed by atoms with Crippen molar-refractivity contribution in [3.63, 3.8) is 0 Å². The van der Waals surface area contributed by atoms with Crippen LogP contribution in [0, 0.1) is 0 Å². The van der Waals surface area contributed by atoms with E-state index in [1.54, 1.807) is 6.07 Å². The van der Waals surface area contributed by atoms with E-state index in [1.165, 1.54) is 41.3 Å². The van der Waals surface area contributed by atoms with E-state index in [0.717, 1.165) is 0 Å². The summed E-state index contributed by atoms with van der Waals surface area (Å²) >= 11 is 5.65. The van der Waals surface area contributed by atoms with E-state index in [0.29, 0.717) is 5.02 Å². The Morgan fingerprint density at radius 1 is 1.33 bits per heavy atom. The highest BCUT2D eigenvalue weighted by Gasteiger charge is 2.41. The third kappa shape index (κ3) is 4.22. The minimum Gasteiger partial charge on any atom is -0.339 e. The smallest absolute Gasteiger partial charge is 0.339 e. The van der Waals surface area contributed by atoms with E-state index in [1.807, 2.05) is 5.32 Å². The number of hydrogen-bond acceptors (Lipinski definition) is 2. The third-order valence-electron chi connectivity index (χ3n) is 2.70. The molecule has 0 bridgehead atoms. The van der Waals surface area contributed by atoms with Crippen LogP contribution in [0.1, 0.15) is 11.6 Å². The van der Waals surface area contributed by atoms with Gasteiger partial charge in [-0.25, -0.2) is 0 Å². The Morgan fingerprint density at radius 2 is 2.00 bits per heavy atom. The largest absolute Gasteiger partial charge is 0.412 e. The molecule has 1 aromatic heterocycles. The van der Waals surface area contributed by atoms with Crippen molar-refractivity contribution in [1.82, 2.24) is 15.1 Å². The third-order valence-corrected chi connectivity index (χ3v) is 2.95. The maximum Gasteiger partial charge on any atom is 0.412 e. The van der Waals surface area contributed by atoms with Gasteiger partial charge < -0.3 is 5.32 Å². The summed E-state index contributed by atoms with van der Waals surface area (Å²) in [5.74, 6) is -0.782. The van der Waals surface area contributed by atoms with Gasteiger partial charge in [-0.15, -0.1) is 0 Å². The van der Waals surface area contributed by atoms with Crippen LogP contribution in [0.15, 0.2) is 42.7 Å². The minimum atomic E-state index is -4.60. The quantitative estimate of drug-likeness (QED) is 0.942. The number of carbonyl (C=O) groups excluding carboxylic acids is 1. The van der Waals surface area contributed by atoms with Crippen LogP contribution in [-0.2, 0) is 11.3 Å². The maximum atomic E-state index is 13.1. The molecule has 0 saturated heterocycles. The van der Waals surface area contributed by atoms with Crippen molar-refractivity contribution in [3.8, 4) is 0 Å². The van der Waals surface area contributed by atoms with E-state index in [-0.39, 0.29) is 12.1 Å². The standard InChI is InChI=1S/C13H11ClF3N3O/c14-10-4-2-9(3-5-10)12(13(15,16)17)19-11(21)8-20-7-1-6-18-20/h1-7,12H,8H2,(H,19,21). The van der Waals surface area contributed by atoms with Crippen molar-refractivity contribution < 1.29 is 18.0 Å². The Kier molecular flexibility index (Phi) is 4.52. The molecule has 8 heteroatoms. The summed E-state index contributed by atoms with van der Waals surface area (Å²) in [6.07, 6.45) is -1.67. The molecule has 2 rings (SSSR count). The molecule has 0 aliphatic heterocycles. The van der Waals surface area contributed by atoms with E-state index in [2.05, 4.69) is 5.10 Å². The lowest BCUT2D eigenvalue weighted by Gasteiger charge is -2.22. The summed E-state index contributed by atoms with van der Waals surface area (Å²) in [5.41, 5.74) is -0.0827. The van der Waals surface area contributed by atoms with Gasteiger partial charge >= 0.3 is 6.18 Å². The molecule has 2 aromatic rings. The minimum absolute atomic E-state index is 0.0827. The first-order valence-corrected chi connectivity index (χ1v) is 6.33. The van der Waals surface area contributed by atoms with Crippen molar-refractivity contribution in [1.29, 1.82) is 0 Å². The Balaban J connectivity index is 2.13. The second kappa shape index (κ2) is 6.17. The average Bonchev–Trinajstić information content (AvgIpc) is 2.89. The molecule has 1 aromatic carbocycles. The molecular formula is C13H11ClF3N3O. The SMILES string of the molecule is O=C(Cn1cccn1)NC(c1ccc(Cl)cc1)C(F)(F)F. The molecule has 0 spiro atoms. The van der Waals surface area contributed by atoms with Gasteiger partial charge in [0.2, 0.25) is 5.91 Å². The van der Waals surface area contributed by atoms with Gasteiger partial charge in [0.15, 0.2) is 6.04 Å². The molecule has 0 radical (unpaired) electrons. The van der Waals surface area contributed by atoms with Crippen LogP contribution in [-0.4, -0.2) is 21.9 Å². The van der Waals surface area contributed by atoms with Crippen LogP contribution in [0.4, 0.5) is 13.2 Å². The van der Waals surface area contributed by atoms with Crippen LogP contribution >= 0.6 is 11.6 Å². The van der Waals surface area contributed by atoms with E-state index in [4.69, 9.17) is 11.6 Å². The number of amides is 1. The molecule has 0 aliphatic rings. The molecule has 112 valence electrons. The first-order chi connectivity index (χ1) is 9.86. The van der Waals surface area contributed by atoms with Crippen LogP contribution in [0.3, 0.4) is 0 Å². The van der Waals surface area contributed by atoms with Crippen LogP contribution < -0.4 is 5.32 Å². The van der Waals surface area contributed by atoms with Crippen LogP contribution in [0.2, 0.25) is 5.02 Å². The lowest BCUT2D eigenvalue weighted by molar-refractivity contribution is -0.163. The number of nitrogens with zero attached hydrogens (tertiary/aromatic N) is 2. The molecule has 0 fully saturated rings. The number of alkyl halides is 3. The average molecular weight is 318 g/mol. The van der Waals surface area contributed by atoms with Gasteiger partial charge in [-0.05, 0) is 23.8 Å². The molecule has 4 nitrogen and oxygen atoms in total. The fourth-order valence-electron chi connectivity index (χ4n) is 1.76. The Morgan fingerprint density at radius 3 is 2.52 bits per heavy atom. The van der Waals surface area contributed by atoms with E-state index >= 15 is 0 Å². The highest BCUT2D eigenvalue weighted by molar-refractivity contribution is 6.30. The van der Waals surface area contributed by atoms with Gasteiger partial charge in [-0.2, -0.15) is 18.3 Å². The Labute approximate surface area is 123 Å². The molecule has 1 unspecified atom stereocenters. The Hall–Kier alpha value is -2.02. The fraction of sp³-hybridized carbons (Fsp3) is 0.231. The summed E-state index contributed by atoms with van der Waals surface area (Å²) in [6, 6.07) is 4.64. The Bertz CT molecular complexity index is 596. The highest BCUT2D eigenvalue weighted by Crippen LogP contribution is 2.33. The van der Waals surface area contributed by atoms with E-state index in [9.17, 15) is 18.0 Å². The number of hydrogen-bond donors (Lipinski definition) is 1. The lowest BCUT2D eigenvalue weighted by atomic mass is 10.1. The molecule has 1 heterocycles. The second-order valence-corrected chi connectivity index (χ2v) is 4.73. The van der Waals surface area contributed by atoms with Gasteiger partial charge in [-0.1, -0.05) is 23.7 Å². The van der Waals surface area contributed by atoms with Crippen molar-refractivity contribution in [2.45, 2.75) is 18.8 Å². The summed E-state index contributed by atoms with van der Waals surface area (Å²) in [6.45, 7) is -0.285. The zero-order chi connectivity index (χ0) is 15.5. The molecule has 1 N–H and O–H groups in total. The van der Waals surface area contributed by atoms with Gasteiger partial charge in [0.05, 0.1) is 0 Å². The predicted octanol–water partition coefficient (Wildman–Crippen LogP) is 2.96. The van der Waals surface area contributed by atoms with Crippen molar-refractivity contribution in [2.24, 2.45) is 0 Å². The summed E-state index contributed by atoms with van der Waals surface area (Å²) in [5, 5.41) is 6.05. The molecule has 0 saturated carbocycles. The van der Waals surface area contributed by atoms with Gasteiger partial charge in [0.25, 0.3) is 0 Å². The van der Waals surface area contributed by atoms with Crippen molar-refractivity contribution in [2.75, 3.05) is 0 Å². The summed E-state index contributed by atoms with van der Waals surface area (Å²) in [7, 11) is 0. The zero-order valence-electron chi connectivity index (χ0n) is 10.6. The van der Waals surface area contributed by atoms with Gasteiger partial charge in [0, 0.05) is 17.4 Å². The predicted molar refractivity (Wildman–Crippen MR) is 70.6 cm³/mol. The monoisotopic (exact) mass is 317 g/mol. The highest BCUT2D eigenvalue weighted by atomic mass is 35.5. The molecule has 1 atom stereocenters. The number of halogens is 4. The number of benzene rings is 1. The van der Waals surface area contributed by atoms with Gasteiger partial charge in [0.1, 0.15) is 6.54 Å². The second-order valence-electron chi connectivity index (χ2n) is 4.30. The van der Waals surface area contributed by atoms with Crippen molar-refractivity contribution in [3.05, 3.63) is 53.3 Å².